The van der Waals surface area contributed by atoms with Crippen LogP contribution in [0.5, 0.6) is 0 Å². The Bertz CT molecular complexity index is 532. The van der Waals surface area contributed by atoms with Crippen molar-refractivity contribution in [3.05, 3.63) is 28.8 Å². The molecular weight excluding hydrogens is 300 g/mol. The normalized spacial score (nSPS) is 12.1. The Morgan fingerprint density at radius 3 is 2.65 bits per heavy atom. The number of benzene rings is 1. The standard InChI is InChI=1S/C13H21ClN2O3S/c1-10(2)9-19-6-5-16-20(17,18)12-4-3-11(8-15)13(14)7-12/h3-4,7,10,16H,5-6,8-9,15H2,1-2H3. The minimum atomic E-state index is -3.56. The van der Waals surface area contributed by atoms with Gasteiger partial charge < -0.3 is 10.5 Å². The fourth-order valence-electron chi connectivity index (χ4n) is 1.51. The van der Waals surface area contributed by atoms with Crippen molar-refractivity contribution in [2.24, 2.45) is 11.7 Å². The summed E-state index contributed by atoms with van der Waals surface area (Å²) in [5, 5.41) is 0.353. The van der Waals surface area contributed by atoms with Gasteiger partial charge in [-0.05, 0) is 23.6 Å². The van der Waals surface area contributed by atoms with Gasteiger partial charge in [0.15, 0.2) is 0 Å². The summed E-state index contributed by atoms with van der Waals surface area (Å²) >= 11 is 5.96. The van der Waals surface area contributed by atoms with Gasteiger partial charge >= 0.3 is 0 Å². The minimum absolute atomic E-state index is 0.128. The average molecular weight is 321 g/mol. The van der Waals surface area contributed by atoms with Crippen molar-refractivity contribution in [2.75, 3.05) is 19.8 Å². The Balaban J connectivity index is 2.58. The predicted octanol–water partition coefficient (Wildman–Crippen LogP) is 1.75. The zero-order valence-electron chi connectivity index (χ0n) is 11.7. The Kier molecular flexibility index (Phi) is 6.91. The molecule has 0 saturated heterocycles. The molecule has 1 aromatic carbocycles. The summed E-state index contributed by atoms with van der Waals surface area (Å²) in [5.41, 5.74) is 6.20. The third kappa shape index (κ3) is 5.38. The van der Waals surface area contributed by atoms with Crippen LogP contribution >= 0.6 is 11.6 Å². The monoisotopic (exact) mass is 320 g/mol. The van der Waals surface area contributed by atoms with Crippen molar-refractivity contribution < 1.29 is 13.2 Å². The second-order valence-corrected chi connectivity index (χ2v) is 7.00. The van der Waals surface area contributed by atoms with Crippen LogP contribution < -0.4 is 10.5 Å². The van der Waals surface area contributed by atoms with Crippen LogP contribution in [0.2, 0.25) is 5.02 Å². The van der Waals surface area contributed by atoms with Crippen molar-refractivity contribution in [1.82, 2.24) is 4.72 Å². The van der Waals surface area contributed by atoms with Gasteiger partial charge in [-0.2, -0.15) is 0 Å². The lowest BCUT2D eigenvalue weighted by atomic mass is 10.2. The molecule has 0 spiro atoms. The third-order valence-electron chi connectivity index (χ3n) is 2.54. The Morgan fingerprint density at radius 1 is 1.40 bits per heavy atom. The number of halogens is 1. The number of ether oxygens (including phenoxy) is 1. The quantitative estimate of drug-likeness (QED) is 0.715. The summed E-state index contributed by atoms with van der Waals surface area (Å²) in [7, 11) is -3.56. The molecule has 0 radical (unpaired) electrons. The molecule has 0 amide bonds. The molecule has 0 saturated carbocycles. The zero-order valence-corrected chi connectivity index (χ0v) is 13.3. The van der Waals surface area contributed by atoms with Crippen LogP contribution in [0.15, 0.2) is 23.1 Å². The highest BCUT2D eigenvalue weighted by Gasteiger charge is 2.14. The molecule has 0 aromatic heterocycles. The summed E-state index contributed by atoms with van der Waals surface area (Å²) < 4.78 is 31.8. The highest BCUT2D eigenvalue weighted by Crippen LogP contribution is 2.20. The third-order valence-corrected chi connectivity index (χ3v) is 4.35. The van der Waals surface area contributed by atoms with Crippen molar-refractivity contribution in [3.63, 3.8) is 0 Å². The van der Waals surface area contributed by atoms with Crippen LogP contribution in [-0.4, -0.2) is 28.2 Å². The van der Waals surface area contributed by atoms with Gasteiger partial charge in [0.05, 0.1) is 11.5 Å². The maximum atomic E-state index is 12.0. The van der Waals surface area contributed by atoms with Crippen LogP contribution in [0, 0.1) is 5.92 Å². The molecule has 5 nitrogen and oxygen atoms in total. The lowest BCUT2D eigenvalue weighted by Crippen LogP contribution is -2.28. The Hall–Kier alpha value is -0.660. The van der Waals surface area contributed by atoms with Crippen molar-refractivity contribution in [3.8, 4) is 0 Å². The van der Waals surface area contributed by atoms with Crippen LogP contribution in [0.1, 0.15) is 19.4 Å². The van der Waals surface area contributed by atoms with E-state index in [0.717, 1.165) is 0 Å². The number of hydrogen-bond donors (Lipinski definition) is 2. The largest absolute Gasteiger partial charge is 0.380 e. The van der Waals surface area contributed by atoms with Gasteiger partial charge in [-0.25, -0.2) is 13.1 Å². The number of nitrogens with two attached hydrogens (primary N) is 1. The van der Waals surface area contributed by atoms with Crippen molar-refractivity contribution in [2.45, 2.75) is 25.3 Å². The second-order valence-electron chi connectivity index (χ2n) is 4.82. The summed E-state index contributed by atoms with van der Waals surface area (Å²) in [6.45, 7) is 5.52. The van der Waals surface area contributed by atoms with E-state index in [1.165, 1.54) is 12.1 Å². The molecular formula is C13H21ClN2O3S. The lowest BCUT2D eigenvalue weighted by Gasteiger charge is -2.10. The number of rotatable bonds is 8. The van der Waals surface area contributed by atoms with Crippen molar-refractivity contribution >= 4 is 21.6 Å². The summed E-state index contributed by atoms with van der Waals surface area (Å²) in [4.78, 5) is 0.128. The molecule has 0 aliphatic rings. The molecule has 114 valence electrons. The minimum Gasteiger partial charge on any atom is -0.380 e. The molecule has 0 bridgehead atoms. The van der Waals surface area contributed by atoms with E-state index in [0.29, 0.717) is 29.7 Å². The molecule has 0 fully saturated rings. The van der Waals surface area contributed by atoms with E-state index in [2.05, 4.69) is 4.72 Å². The molecule has 0 aliphatic heterocycles. The van der Waals surface area contributed by atoms with Gasteiger partial charge in [-0.15, -0.1) is 0 Å². The first-order chi connectivity index (χ1) is 9.36. The second kappa shape index (κ2) is 7.95. The first-order valence-electron chi connectivity index (χ1n) is 6.42. The summed E-state index contributed by atoms with van der Waals surface area (Å²) in [6.07, 6.45) is 0. The molecule has 3 N–H and O–H groups in total. The first-order valence-corrected chi connectivity index (χ1v) is 8.29. The molecule has 1 aromatic rings. The lowest BCUT2D eigenvalue weighted by molar-refractivity contribution is 0.114. The van der Waals surface area contributed by atoms with E-state index in [1.54, 1.807) is 6.07 Å². The molecule has 0 atom stereocenters. The summed E-state index contributed by atoms with van der Waals surface area (Å²) in [5.74, 6) is 0.425. The number of hydrogen-bond acceptors (Lipinski definition) is 4. The molecule has 0 heterocycles. The fourth-order valence-corrected chi connectivity index (χ4v) is 2.87. The van der Waals surface area contributed by atoms with E-state index in [1.807, 2.05) is 13.8 Å². The highest BCUT2D eigenvalue weighted by molar-refractivity contribution is 7.89. The van der Waals surface area contributed by atoms with Crippen LogP contribution in [0.25, 0.3) is 0 Å². The van der Waals surface area contributed by atoms with Crippen LogP contribution in [0.3, 0.4) is 0 Å². The molecule has 7 heteroatoms. The van der Waals surface area contributed by atoms with E-state index >= 15 is 0 Å². The topological polar surface area (TPSA) is 81.4 Å². The SMILES string of the molecule is CC(C)COCCNS(=O)(=O)c1ccc(CN)c(Cl)c1. The van der Waals surface area contributed by atoms with Gasteiger partial charge in [-0.1, -0.05) is 31.5 Å². The van der Waals surface area contributed by atoms with Gasteiger partial charge in [0.2, 0.25) is 10.0 Å². The van der Waals surface area contributed by atoms with Gasteiger partial charge in [0.25, 0.3) is 0 Å². The molecule has 20 heavy (non-hydrogen) atoms. The summed E-state index contributed by atoms with van der Waals surface area (Å²) in [6, 6.07) is 4.51. The predicted molar refractivity (Wildman–Crippen MR) is 80.2 cm³/mol. The van der Waals surface area contributed by atoms with Crippen molar-refractivity contribution in [1.29, 1.82) is 0 Å². The maximum Gasteiger partial charge on any atom is 0.240 e. The van der Waals surface area contributed by atoms with Crippen LogP contribution in [-0.2, 0) is 21.3 Å². The highest BCUT2D eigenvalue weighted by atomic mass is 35.5. The Labute approximate surface area is 125 Å². The van der Waals surface area contributed by atoms with E-state index < -0.39 is 10.0 Å². The number of nitrogens with one attached hydrogen (secondary N) is 1. The number of sulfonamides is 1. The zero-order chi connectivity index (χ0) is 15.2. The first kappa shape index (κ1) is 17.4. The van der Waals surface area contributed by atoms with Crippen LogP contribution in [0.4, 0.5) is 0 Å². The maximum absolute atomic E-state index is 12.0. The van der Waals surface area contributed by atoms with Gasteiger partial charge in [-0.3, -0.25) is 0 Å². The van der Waals surface area contributed by atoms with E-state index in [4.69, 9.17) is 22.1 Å². The fraction of sp³-hybridized carbons (Fsp3) is 0.538. The molecule has 0 aliphatic carbocycles. The molecule has 1 rings (SSSR count). The van der Waals surface area contributed by atoms with Gasteiger partial charge in [0, 0.05) is 24.7 Å². The van der Waals surface area contributed by atoms with E-state index in [-0.39, 0.29) is 18.0 Å². The van der Waals surface area contributed by atoms with Gasteiger partial charge in [0.1, 0.15) is 0 Å². The smallest absolute Gasteiger partial charge is 0.240 e. The van der Waals surface area contributed by atoms with E-state index in [9.17, 15) is 8.42 Å². The molecule has 0 unspecified atom stereocenters. The Morgan fingerprint density at radius 2 is 2.10 bits per heavy atom. The average Bonchev–Trinajstić information content (AvgIpc) is 2.37.